The molecule has 0 radical (unpaired) electrons. The Morgan fingerprint density at radius 1 is 1.55 bits per heavy atom. The van der Waals surface area contributed by atoms with E-state index in [2.05, 4.69) is 4.74 Å². The zero-order chi connectivity index (χ0) is 16.3. The van der Waals surface area contributed by atoms with E-state index in [-0.39, 0.29) is 23.6 Å². The maximum atomic E-state index is 11.7. The number of thioether (sulfide) groups is 2. The number of carbonyl (C=O) groups is 3. The first kappa shape index (κ1) is 16.7. The summed E-state index contributed by atoms with van der Waals surface area (Å²) in [6.07, 6.45) is 0.821. The number of nitrogens with zero attached hydrogens (tertiary/aromatic N) is 1. The molecule has 0 aromatic rings. The van der Waals surface area contributed by atoms with Crippen LogP contribution in [-0.4, -0.2) is 57.5 Å². The Balaban J connectivity index is 2.00. The Morgan fingerprint density at radius 3 is 2.91 bits per heavy atom. The fourth-order valence-corrected chi connectivity index (χ4v) is 3.90. The third kappa shape index (κ3) is 3.39. The third-order valence-electron chi connectivity index (χ3n) is 3.05. The highest BCUT2D eigenvalue weighted by molar-refractivity contribution is 8.02. The van der Waals surface area contributed by atoms with Gasteiger partial charge in [-0.15, -0.1) is 23.5 Å². The predicted molar refractivity (Wildman–Crippen MR) is 82.9 cm³/mol. The second kappa shape index (κ2) is 7.07. The van der Waals surface area contributed by atoms with Crippen LogP contribution in [0.1, 0.15) is 0 Å². The average Bonchev–Trinajstić information content (AvgIpc) is 2.48. The van der Waals surface area contributed by atoms with Crippen LogP contribution in [0.15, 0.2) is 22.8 Å². The smallest absolute Gasteiger partial charge is 0.404 e. The lowest BCUT2D eigenvalue weighted by atomic mass is 10.0. The van der Waals surface area contributed by atoms with Gasteiger partial charge in [-0.1, -0.05) is 0 Å². The van der Waals surface area contributed by atoms with Crippen molar-refractivity contribution >= 4 is 41.5 Å². The second-order valence-electron chi connectivity index (χ2n) is 4.46. The average molecular weight is 345 g/mol. The van der Waals surface area contributed by atoms with E-state index in [4.69, 9.17) is 11.5 Å². The molecule has 2 rings (SSSR count). The number of hydrogen-bond acceptors (Lipinski definition) is 7. The number of nitrogens with two attached hydrogens (primary N) is 2. The molecule has 0 aliphatic carbocycles. The van der Waals surface area contributed by atoms with Gasteiger partial charge in [0.05, 0.1) is 0 Å². The topological polar surface area (TPSA) is 136 Å². The van der Waals surface area contributed by atoms with Crippen LogP contribution in [0.2, 0.25) is 0 Å². The molecule has 22 heavy (non-hydrogen) atoms. The van der Waals surface area contributed by atoms with Crippen molar-refractivity contribution in [1.82, 2.24) is 4.90 Å². The number of allylic oxidation sites excluding steroid dienone is 1. The van der Waals surface area contributed by atoms with E-state index < -0.39 is 18.1 Å². The highest BCUT2D eigenvalue weighted by Gasteiger charge is 2.51. The molecular weight excluding hydrogens is 330 g/mol. The fraction of sp³-hybridized carbons (Fsp3) is 0.417. The number of carboxylic acid groups (broad SMARTS) is 1. The summed E-state index contributed by atoms with van der Waals surface area (Å²) >= 11 is 2.78. The fourth-order valence-electron chi connectivity index (χ4n) is 2.06. The highest BCUT2D eigenvalue weighted by Crippen LogP contribution is 2.39. The van der Waals surface area contributed by atoms with Gasteiger partial charge >= 0.3 is 12.1 Å². The largest absolute Gasteiger partial charge is 0.477 e. The van der Waals surface area contributed by atoms with E-state index in [1.54, 1.807) is 11.5 Å². The molecule has 2 aliphatic heterocycles. The SMILES string of the molecule is NC(=O)OCCS/C=C/C1=C(C(=O)O)N2C(=O)[C@@H](N)[C@H]2SC1. The Morgan fingerprint density at radius 2 is 2.27 bits per heavy atom. The number of carboxylic acids is 1. The van der Waals surface area contributed by atoms with Gasteiger partial charge in [-0.25, -0.2) is 9.59 Å². The molecule has 0 aromatic heterocycles. The van der Waals surface area contributed by atoms with Crippen molar-refractivity contribution in [1.29, 1.82) is 0 Å². The van der Waals surface area contributed by atoms with Crippen LogP contribution in [0.3, 0.4) is 0 Å². The molecule has 120 valence electrons. The Kier molecular flexibility index (Phi) is 5.37. The molecule has 0 spiro atoms. The van der Waals surface area contributed by atoms with E-state index in [1.807, 2.05) is 0 Å². The summed E-state index contributed by atoms with van der Waals surface area (Å²) in [6, 6.07) is -0.634. The summed E-state index contributed by atoms with van der Waals surface area (Å²) in [5, 5.41) is 10.7. The number of aliphatic carboxylic acids is 1. The third-order valence-corrected chi connectivity index (χ3v) is 5.11. The van der Waals surface area contributed by atoms with Gasteiger partial charge < -0.3 is 21.3 Å². The van der Waals surface area contributed by atoms with Gasteiger partial charge in [0.25, 0.3) is 0 Å². The highest BCUT2D eigenvalue weighted by atomic mass is 32.2. The summed E-state index contributed by atoms with van der Waals surface area (Å²) in [7, 11) is 0. The van der Waals surface area contributed by atoms with E-state index >= 15 is 0 Å². The van der Waals surface area contributed by atoms with E-state index in [0.29, 0.717) is 17.1 Å². The number of amides is 2. The molecule has 0 bridgehead atoms. The number of β-lactam (4-membered cyclic amide) rings is 1. The summed E-state index contributed by atoms with van der Waals surface area (Å²) in [5.74, 6) is -0.549. The number of hydrogen-bond donors (Lipinski definition) is 3. The van der Waals surface area contributed by atoms with Gasteiger partial charge in [0, 0.05) is 11.5 Å². The first-order valence-electron chi connectivity index (χ1n) is 6.30. The van der Waals surface area contributed by atoms with Crippen LogP contribution in [0.25, 0.3) is 0 Å². The van der Waals surface area contributed by atoms with Crippen molar-refractivity contribution in [2.45, 2.75) is 11.4 Å². The molecule has 2 aliphatic rings. The van der Waals surface area contributed by atoms with Crippen LogP contribution < -0.4 is 11.5 Å². The molecule has 0 saturated carbocycles. The van der Waals surface area contributed by atoms with Crippen molar-refractivity contribution in [2.24, 2.45) is 11.5 Å². The van der Waals surface area contributed by atoms with Crippen LogP contribution in [0.5, 0.6) is 0 Å². The summed E-state index contributed by atoms with van der Waals surface area (Å²) in [4.78, 5) is 34.8. The Bertz CT molecular complexity index is 563. The normalized spacial score (nSPS) is 24.2. The standard InChI is InChI=1S/C12H15N3O5S2/c13-7-9(16)15-8(11(17)18)6(5-22-10(7)15)1-3-21-4-2-20-12(14)19/h1,3,7,10H,2,4-5,13H2,(H2,14,19)(H,17,18)/b3-1+/t7-,10-/m1/s1. The molecule has 5 N–H and O–H groups in total. The molecule has 2 amide bonds. The second-order valence-corrected chi connectivity index (χ2v) is 6.57. The van der Waals surface area contributed by atoms with E-state index in [1.165, 1.54) is 28.4 Å². The van der Waals surface area contributed by atoms with E-state index in [9.17, 15) is 19.5 Å². The molecular formula is C12H15N3O5S2. The van der Waals surface area contributed by atoms with Crippen molar-refractivity contribution in [3.8, 4) is 0 Å². The molecule has 0 aromatic carbocycles. The van der Waals surface area contributed by atoms with Crippen LogP contribution in [-0.2, 0) is 14.3 Å². The van der Waals surface area contributed by atoms with Crippen molar-refractivity contribution < 1.29 is 24.2 Å². The van der Waals surface area contributed by atoms with Gasteiger partial charge in [-0.3, -0.25) is 9.69 Å². The van der Waals surface area contributed by atoms with Gasteiger partial charge in [-0.05, 0) is 17.1 Å². The Hall–Kier alpha value is -1.65. The number of ether oxygens (including phenoxy) is 1. The maximum absolute atomic E-state index is 11.7. The first-order chi connectivity index (χ1) is 10.4. The molecule has 2 atom stereocenters. The number of fused-ring (bicyclic) bond motifs is 1. The Labute approximate surface area is 134 Å². The van der Waals surface area contributed by atoms with Gasteiger partial charge in [0.2, 0.25) is 5.91 Å². The number of primary amides is 1. The molecule has 0 unspecified atom stereocenters. The van der Waals surface area contributed by atoms with Gasteiger partial charge in [0.1, 0.15) is 23.7 Å². The number of rotatable bonds is 6. The van der Waals surface area contributed by atoms with Crippen molar-refractivity contribution in [2.75, 3.05) is 18.1 Å². The van der Waals surface area contributed by atoms with Crippen molar-refractivity contribution in [3.05, 3.63) is 22.8 Å². The quantitative estimate of drug-likeness (QED) is 0.449. The van der Waals surface area contributed by atoms with Crippen molar-refractivity contribution in [3.63, 3.8) is 0 Å². The minimum atomic E-state index is -1.15. The molecule has 1 fully saturated rings. The lowest BCUT2D eigenvalue weighted by Crippen LogP contribution is -2.68. The monoisotopic (exact) mass is 345 g/mol. The molecule has 10 heteroatoms. The predicted octanol–water partition coefficient (Wildman–Crippen LogP) is -0.0903. The van der Waals surface area contributed by atoms with Crippen LogP contribution >= 0.6 is 23.5 Å². The van der Waals surface area contributed by atoms with Crippen LogP contribution in [0.4, 0.5) is 4.79 Å². The van der Waals surface area contributed by atoms with Gasteiger partial charge in [0.15, 0.2) is 0 Å². The summed E-state index contributed by atoms with van der Waals surface area (Å²) < 4.78 is 4.57. The minimum Gasteiger partial charge on any atom is -0.477 e. The zero-order valence-corrected chi connectivity index (χ0v) is 13.1. The molecule has 8 nitrogen and oxygen atoms in total. The summed E-state index contributed by atoms with van der Waals surface area (Å²) in [6.45, 7) is 0.172. The van der Waals surface area contributed by atoms with Gasteiger partial charge in [-0.2, -0.15) is 0 Å². The number of carbonyl (C=O) groups excluding carboxylic acids is 2. The first-order valence-corrected chi connectivity index (χ1v) is 8.40. The lowest BCUT2D eigenvalue weighted by molar-refractivity contribution is -0.147. The molecule has 1 saturated heterocycles. The lowest BCUT2D eigenvalue weighted by Gasteiger charge is -2.47. The maximum Gasteiger partial charge on any atom is 0.404 e. The van der Waals surface area contributed by atoms with E-state index in [0.717, 1.165) is 0 Å². The van der Waals surface area contributed by atoms with Crippen LogP contribution in [0, 0.1) is 0 Å². The minimum absolute atomic E-state index is 0.0133. The zero-order valence-electron chi connectivity index (χ0n) is 11.4. The summed E-state index contributed by atoms with van der Waals surface area (Å²) in [5.41, 5.74) is 11.0. The molecule has 2 heterocycles.